The first-order chi connectivity index (χ1) is 34.0. The first kappa shape index (κ1) is 48.5. The molecule has 5 aliphatic rings. The van der Waals surface area contributed by atoms with E-state index in [1.807, 2.05) is 6.92 Å². The summed E-state index contributed by atoms with van der Waals surface area (Å²) in [6.45, 7) is 3.76. The predicted molar refractivity (Wildman–Crippen MR) is 260 cm³/mol. The molecule has 19 nitrogen and oxygen atoms in total. The van der Waals surface area contributed by atoms with E-state index in [9.17, 15) is 45.6 Å². The van der Waals surface area contributed by atoms with Crippen LogP contribution in [0, 0.1) is 11.3 Å². The molecule has 2 bridgehead atoms. The highest BCUT2D eigenvalue weighted by atomic mass is 16.7. The molecule has 4 aliphatic heterocycles. The molecule has 0 radical (unpaired) electrons. The predicted octanol–water partition coefficient (Wildman–Crippen LogP) is 5.11. The Kier molecular flexibility index (Phi) is 13.4. The van der Waals surface area contributed by atoms with Crippen LogP contribution in [0.4, 0.5) is 5.69 Å². The largest absolute Gasteiger partial charge is 0.508 e. The number of aliphatic imine (C=N–C) groups is 3. The van der Waals surface area contributed by atoms with Crippen LogP contribution in [0.2, 0.25) is 0 Å². The fraction of sp³-hybridized carbons (Fsp3) is 0.327. The molecule has 0 aromatic heterocycles. The van der Waals surface area contributed by atoms with Gasteiger partial charge in [0.15, 0.2) is 23.2 Å². The molecule has 0 saturated carbocycles. The van der Waals surface area contributed by atoms with Gasteiger partial charge in [-0.25, -0.2) is 14.8 Å². The summed E-state index contributed by atoms with van der Waals surface area (Å²) in [4.78, 5) is 25.9. The van der Waals surface area contributed by atoms with Crippen molar-refractivity contribution in [3.05, 3.63) is 130 Å². The maximum absolute atomic E-state index is 13.3. The number of carbonyl (C=O) groups is 1. The molecule has 9 rings (SSSR count). The summed E-state index contributed by atoms with van der Waals surface area (Å²) >= 11 is 0. The number of hydrogen-bond donors (Lipinski definition) is 10. The fourth-order valence-electron chi connectivity index (χ4n) is 9.48. The maximum atomic E-state index is 13.3. The van der Waals surface area contributed by atoms with E-state index in [1.54, 1.807) is 79.7 Å². The number of fused-ring (bicyclic) bond motifs is 3. The summed E-state index contributed by atoms with van der Waals surface area (Å²) in [5.74, 6) is -4.39. The van der Waals surface area contributed by atoms with Gasteiger partial charge in [0.2, 0.25) is 12.0 Å². The number of nitrogens with one attached hydrogen (secondary N) is 2. The van der Waals surface area contributed by atoms with Crippen molar-refractivity contribution in [1.29, 1.82) is 5.41 Å². The van der Waals surface area contributed by atoms with Gasteiger partial charge < -0.3 is 69.9 Å². The summed E-state index contributed by atoms with van der Waals surface area (Å²) in [6.07, 6.45) is 0.0191. The summed E-state index contributed by atoms with van der Waals surface area (Å²) in [5, 5.41) is 103. The molecule has 370 valence electrons. The Morgan fingerprint density at radius 3 is 2.49 bits per heavy atom. The van der Waals surface area contributed by atoms with Crippen LogP contribution in [-0.2, 0) is 29.0 Å². The van der Waals surface area contributed by atoms with Gasteiger partial charge in [-0.1, -0.05) is 42.8 Å². The number of aliphatic hydroxyl groups is 5. The Hall–Kier alpha value is -7.55. The average molecular weight is 972 g/mol. The van der Waals surface area contributed by atoms with Gasteiger partial charge in [-0.3, -0.25) is 10.4 Å². The van der Waals surface area contributed by atoms with E-state index < -0.39 is 76.8 Å². The van der Waals surface area contributed by atoms with Crippen molar-refractivity contribution >= 4 is 41.0 Å². The van der Waals surface area contributed by atoms with Gasteiger partial charge in [0.1, 0.15) is 65.2 Å². The number of nitrogens with zero attached hydrogens (tertiary/aromatic N) is 3. The zero-order valence-electron chi connectivity index (χ0n) is 38.6. The molecule has 10 N–H and O–H groups in total. The highest BCUT2D eigenvalue weighted by molar-refractivity contribution is 6.14. The molecule has 1 aliphatic carbocycles. The number of carboxylic acid groups (broad SMARTS) is 1. The number of amidine groups is 1. The minimum absolute atomic E-state index is 0.00439. The number of aliphatic hydroxyl groups excluding tert-OH is 3. The summed E-state index contributed by atoms with van der Waals surface area (Å²) in [5.41, 5.74) is -1.35. The van der Waals surface area contributed by atoms with Gasteiger partial charge in [-0.15, -0.1) is 0 Å². The van der Waals surface area contributed by atoms with Crippen molar-refractivity contribution in [2.75, 3.05) is 25.0 Å². The SMILES string of the molecule is CCc1cc(O)cc(COc2c(OC3OC(C(=O)O)C4(O)C(C5=NC=NC5)C(Cc5cccc(NCC(C)O)c5)=CC3(O)C4O)cc3c(c2O)C(O)=CC(c2ccc(OCCC4=NC(=N)C=C4)cc2)O3)c1. The number of aliphatic carboxylic acids is 1. The van der Waals surface area contributed by atoms with Gasteiger partial charge in [0.05, 0.1) is 30.9 Å². The third-order valence-electron chi connectivity index (χ3n) is 12.8. The zero-order valence-corrected chi connectivity index (χ0v) is 38.6. The van der Waals surface area contributed by atoms with Crippen LogP contribution in [0.1, 0.15) is 54.2 Å². The monoisotopic (exact) mass is 971 g/mol. The third kappa shape index (κ3) is 9.69. The number of aryl methyl sites for hydroxylation is 1. The van der Waals surface area contributed by atoms with Crippen LogP contribution in [0.25, 0.3) is 5.76 Å². The topological polar surface area (TPSA) is 298 Å². The molecule has 8 atom stereocenters. The second-order valence-electron chi connectivity index (χ2n) is 18.0. The van der Waals surface area contributed by atoms with Gasteiger partial charge in [0, 0.05) is 36.5 Å². The molecule has 0 spiro atoms. The van der Waals surface area contributed by atoms with Crippen molar-refractivity contribution in [3.63, 3.8) is 0 Å². The third-order valence-corrected chi connectivity index (χ3v) is 12.8. The van der Waals surface area contributed by atoms with Crippen LogP contribution >= 0.6 is 0 Å². The Labute approximate surface area is 407 Å². The Morgan fingerprint density at radius 1 is 1.00 bits per heavy atom. The lowest BCUT2D eigenvalue weighted by molar-refractivity contribution is -0.338. The van der Waals surface area contributed by atoms with Crippen molar-refractivity contribution in [2.45, 2.75) is 81.6 Å². The summed E-state index contributed by atoms with van der Waals surface area (Å²) in [6, 6.07) is 20.0. The molecular formula is C52H53N5O14. The molecule has 4 heterocycles. The number of phenolic OH excluding ortho intramolecular Hbond substituents is 2. The lowest BCUT2D eigenvalue weighted by Crippen LogP contribution is -2.79. The Balaban J connectivity index is 1.09. The van der Waals surface area contributed by atoms with Crippen LogP contribution in [-0.4, -0.2) is 126 Å². The maximum Gasteiger partial charge on any atom is 0.336 e. The Bertz CT molecular complexity index is 2930. The normalized spacial score (nSPS) is 25.5. The van der Waals surface area contributed by atoms with E-state index in [4.69, 9.17) is 29.1 Å². The summed E-state index contributed by atoms with van der Waals surface area (Å²) in [7, 11) is 0. The van der Waals surface area contributed by atoms with Crippen LogP contribution in [0.3, 0.4) is 0 Å². The van der Waals surface area contributed by atoms with Crippen molar-refractivity contribution < 1.29 is 69.3 Å². The van der Waals surface area contributed by atoms with Gasteiger partial charge in [0.25, 0.3) is 0 Å². The second kappa shape index (κ2) is 19.7. The van der Waals surface area contributed by atoms with E-state index in [-0.39, 0.29) is 60.3 Å². The average Bonchev–Trinajstić information content (AvgIpc) is 4.02. The van der Waals surface area contributed by atoms with E-state index in [2.05, 4.69) is 20.3 Å². The molecule has 4 aromatic rings. The van der Waals surface area contributed by atoms with Gasteiger partial charge >= 0.3 is 5.97 Å². The van der Waals surface area contributed by atoms with Crippen LogP contribution in [0.5, 0.6) is 34.5 Å². The number of rotatable bonds is 18. The van der Waals surface area contributed by atoms with E-state index in [0.29, 0.717) is 47.6 Å². The number of hydrogen-bond acceptors (Lipinski definition) is 17. The smallest absolute Gasteiger partial charge is 0.336 e. The number of aromatic hydroxyl groups is 2. The number of carboxylic acids is 1. The highest BCUT2D eigenvalue weighted by Gasteiger charge is 2.71. The highest BCUT2D eigenvalue weighted by Crippen LogP contribution is 2.54. The van der Waals surface area contributed by atoms with Gasteiger partial charge in [-0.05, 0) is 96.6 Å². The number of phenols is 2. The van der Waals surface area contributed by atoms with Crippen LogP contribution in [0.15, 0.2) is 118 Å². The number of anilines is 1. The minimum atomic E-state index is -2.76. The van der Waals surface area contributed by atoms with Crippen molar-refractivity contribution in [2.24, 2.45) is 20.9 Å². The molecule has 0 amide bonds. The summed E-state index contributed by atoms with van der Waals surface area (Å²) < 4.78 is 30.9. The molecular weight excluding hydrogens is 919 g/mol. The second-order valence-corrected chi connectivity index (χ2v) is 18.0. The van der Waals surface area contributed by atoms with Gasteiger partial charge in [-0.2, -0.15) is 0 Å². The molecule has 1 saturated heterocycles. The lowest BCUT2D eigenvalue weighted by atomic mass is 9.60. The van der Waals surface area contributed by atoms with E-state index in [0.717, 1.165) is 11.3 Å². The molecule has 71 heavy (non-hydrogen) atoms. The lowest BCUT2D eigenvalue weighted by Gasteiger charge is -2.57. The quantitative estimate of drug-likeness (QED) is 0.0580. The Morgan fingerprint density at radius 2 is 1.79 bits per heavy atom. The number of ether oxygens (including phenoxy) is 5. The molecule has 19 heteroatoms. The number of benzene rings is 4. The van der Waals surface area contributed by atoms with Crippen LogP contribution < -0.4 is 24.3 Å². The van der Waals surface area contributed by atoms with E-state index >= 15 is 0 Å². The van der Waals surface area contributed by atoms with Crippen molar-refractivity contribution in [3.8, 4) is 34.5 Å². The fourth-order valence-corrected chi connectivity index (χ4v) is 9.48. The zero-order chi connectivity index (χ0) is 50.2. The standard InChI is InChI=1S/C52H53N5O14/c1-3-28-15-30(19-35(59)18-28)25-68-46-41(21-40-43(45(46)61)38(60)20-39(69-40)31-7-10-36(11-8-31)67-14-13-33-9-12-42(53)57-33)70-50-51(65)22-32(16-29-5-4-6-34(17-29)55-23-27(2)58)44(37-24-54-26-56-37)52(66,49(51)64)47(71-50)48(62)63/h4-12,15,17-22,26-27,39,44,47,49-50,53,55,58-61,64-66H,3,13-14,16,23-25H2,1-2H3,(H,62,63). The minimum Gasteiger partial charge on any atom is -0.508 e. The first-order valence-corrected chi connectivity index (χ1v) is 23.0. The first-order valence-electron chi connectivity index (χ1n) is 23.0. The number of allylic oxidation sites excluding steroid dienone is 1. The molecule has 1 fully saturated rings. The molecule has 4 aromatic carbocycles. The molecule has 8 unspecified atom stereocenters. The van der Waals surface area contributed by atoms with Crippen molar-refractivity contribution in [1.82, 2.24) is 0 Å². The van der Waals surface area contributed by atoms with E-state index in [1.165, 1.54) is 30.6 Å².